The maximum atomic E-state index is 12.0. The average molecular weight is 277 g/mol. The van der Waals surface area contributed by atoms with Crippen molar-refractivity contribution >= 4 is 27.6 Å². The molecule has 0 amide bonds. The molecule has 0 bridgehead atoms. The number of nitrogens with zero attached hydrogens (tertiary/aromatic N) is 3. The van der Waals surface area contributed by atoms with Crippen LogP contribution in [0, 0.1) is 0 Å². The van der Waals surface area contributed by atoms with Crippen LogP contribution >= 0.6 is 11.6 Å². The lowest BCUT2D eigenvalue weighted by Gasteiger charge is -2.25. The minimum atomic E-state index is -3.51. The molecule has 1 aromatic rings. The number of halogens is 1. The molecule has 8 heteroatoms. The zero-order chi connectivity index (χ0) is 12.3. The van der Waals surface area contributed by atoms with Crippen LogP contribution in [0.5, 0.6) is 0 Å². The number of piperidine rings is 1. The second-order valence-corrected chi connectivity index (χ2v) is 5.87. The molecule has 0 spiro atoms. The maximum Gasteiger partial charge on any atom is 0.302 e. The number of hydrogen-bond donors (Lipinski definition) is 1. The average Bonchev–Trinajstić information content (AvgIpc) is 2.33. The van der Waals surface area contributed by atoms with Gasteiger partial charge >= 0.3 is 10.2 Å². The Morgan fingerprint density at radius 3 is 2.47 bits per heavy atom. The standard InChI is InChI=1S/C9H13ClN4O2S/c10-8-4-5-9(12-11-8)13-17(15,16)14-6-2-1-3-7-14/h4-5H,1-3,6-7H2,(H,12,13). The van der Waals surface area contributed by atoms with Crippen LogP contribution in [0.4, 0.5) is 5.82 Å². The van der Waals surface area contributed by atoms with Gasteiger partial charge in [0.1, 0.15) is 0 Å². The van der Waals surface area contributed by atoms with E-state index in [0.717, 1.165) is 19.3 Å². The zero-order valence-corrected chi connectivity index (χ0v) is 10.7. The molecule has 0 radical (unpaired) electrons. The minimum absolute atomic E-state index is 0.181. The lowest BCUT2D eigenvalue weighted by molar-refractivity contribution is 0.349. The number of rotatable bonds is 3. The molecular formula is C9H13ClN4O2S. The van der Waals surface area contributed by atoms with Crippen molar-refractivity contribution in [2.24, 2.45) is 0 Å². The van der Waals surface area contributed by atoms with E-state index in [2.05, 4.69) is 14.9 Å². The van der Waals surface area contributed by atoms with E-state index in [9.17, 15) is 8.42 Å². The van der Waals surface area contributed by atoms with Gasteiger partial charge in [-0.05, 0) is 25.0 Å². The fourth-order valence-electron chi connectivity index (χ4n) is 1.67. The van der Waals surface area contributed by atoms with E-state index in [1.165, 1.54) is 16.4 Å². The summed E-state index contributed by atoms with van der Waals surface area (Å²) in [5.41, 5.74) is 0. The quantitative estimate of drug-likeness (QED) is 0.902. The van der Waals surface area contributed by atoms with Gasteiger partial charge in [0.05, 0.1) is 0 Å². The van der Waals surface area contributed by atoms with Crippen LogP contribution in [0.25, 0.3) is 0 Å². The van der Waals surface area contributed by atoms with Crippen LogP contribution in [0.3, 0.4) is 0 Å². The van der Waals surface area contributed by atoms with E-state index >= 15 is 0 Å². The molecule has 1 fully saturated rings. The highest BCUT2D eigenvalue weighted by Crippen LogP contribution is 2.15. The van der Waals surface area contributed by atoms with Crippen LogP contribution in [0.2, 0.25) is 5.15 Å². The Bertz CT molecular complexity index is 470. The summed E-state index contributed by atoms with van der Waals surface area (Å²) < 4.78 is 27.7. The molecule has 17 heavy (non-hydrogen) atoms. The summed E-state index contributed by atoms with van der Waals surface area (Å²) in [6.07, 6.45) is 2.87. The highest BCUT2D eigenvalue weighted by Gasteiger charge is 2.24. The molecule has 0 unspecified atom stereocenters. The molecule has 2 heterocycles. The summed E-state index contributed by atoms with van der Waals surface area (Å²) in [7, 11) is -3.51. The summed E-state index contributed by atoms with van der Waals surface area (Å²) in [6, 6.07) is 2.97. The number of anilines is 1. The van der Waals surface area contributed by atoms with Crippen LogP contribution in [0.15, 0.2) is 12.1 Å². The van der Waals surface area contributed by atoms with Gasteiger partial charge in [-0.2, -0.15) is 12.7 Å². The molecule has 0 saturated carbocycles. The van der Waals surface area contributed by atoms with Crippen molar-refractivity contribution < 1.29 is 8.42 Å². The van der Waals surface area contributed by atoms with Crippen LogP contribution < -0.4 is 4.72 Å². The molecule has 1 aliphatic rings. The smallest absolute Gasteiger partial charge is 0.253 e. The topological polar surface area (TPSA) is 75.2 Å². The van der Waals surface area contributed by atoms with Crippen LogP contribution in [-0.2, 0) is 10.2 Å². The molecule has 1 aromatic heterocycles. The molecule has 1 aliphatic heterocycles. The van der Waals surface area contributed by atoms with Gasteiger partial charge in [-0.15, -0.1) is 10.2 Å². The maximum absolute atomic E-state index is 12.0. The van der Waals surface area contributed by atoms with Crippen molar-refractivity contribution in [3.8, 4) is 0 Å². The highest BCUT2D eigenvalue weighted by molar-refractivity contribution is 7.90. The third-order valence-corrected chi connectivity index (χ3v) is 4.23. The Hall–Kier alpha value is -0.920. The van der Waals surface area contributed by atoms with Gasteiger partial charge in [-0.1, -0.05) is 18.0 Å². The molecule has 1 N–H and O–H groups in total. The SMILES string of the molecule is O=S(=O)(Nc1ccc(Cl)nn1)N1CCCCC1. The molecule has 0 aliphatic carbocycles. The van der Waals surface area contributed by atoms with Gasteiger partial charge in [-0.25, -0.2) is 0 Å². The minimum Gasteiger partial charge on any atom is -0.253 e. The molecule has 0 aromatic carbocycles. The van der Waals surface area contributed by atoms with Crippen molar-refractivity contribution in [1.82, 2.24) is 14.5 Å². The third kappa shape index (κ3) is 3.27. The van der Waals surface area contributed by atoms with Gasteiger partial charge in [0.2, 0.25) is 0 Å². The van der Waals surface area contributed by atoms with Gasteiger partial charge in [0, 0.05) is 13.1 Å². The molecule has 2 rings (SSSR count). The summed E-state index contributed by atoms with van der Waals surface area (Å²) in [6.45, 7) is 1.10. The first-order valence-electron chi connectivity index (χ1n) is 5.35. The van der Waals surface area contributed by atoms with Crippen molar-refractivity contribution in [1.29, 1.82) is 0 Å². The predicted molar refractivity (Wildman–Crippen MR) is 65.0 cm³/mol. The number of hydrogen-bond acceptors (Lipinski definition) is 4. The molecule has 1 saturated heterocycles. The van der Waals surface area contributed by atoms with E-state index in [4.69, 9.17) is 11.6 Å². The Labute approximate surface area is 105 Å². The lowest BCUT2D eigenvalue weighted by atomic mass is 10.2. The van der Waals surface area contributed by atoms with Gasteiger partial charge in [0.25, 0.3) is 0 Å². The number of nitrogens with one attached hydrogen (secondary N) is 1. The first-order valence-corrected chi connectivity index (χ1v) is 7.17. The van der Waals surface area contributed by atoms with Gasteiger partial charge < -0.3 is 0 Å². The summed E-state index contributed by atoms with van der Waals surface area (Å²) in [4.78, 5) is 0. The predicted octanol–water partition coefficient (Wildman–Crippen LogP) is 1.27. The summed E-state index contributed by atoms with van der Waals surface area (Å²) >= 11 is 5.57. The van der Waals surface area contributed by atoms with E-state index in [-0.39, 0.29) is 11.0 Å². The zero-order valence-electron chi connectivity index (χ0n) is 9.13. The van der Waals surface area contributed by atoms with Gasteiger partial charge in [-0.3, -0.25) is 4.72 Å². The summed E-state index contributed by atoms with van der Waals surface area (Å²) in [5.74, 6) is 0.181. The Balaban J connectivity index is 2.08. The summed E-state index contributed by atoms with van der Waals surface area (Å²) in [5, 5.41) is 7.47. The van der Waals surface area contributed by atoms with Gasteiger partial charge in [0.15, 0.2) is 11.0 Å². The Morgan fingerprint density at radius 1 is 1.18 bits per heavy atom. The van der Waals surface area contributed by atoms with Crippen molar-refractivity contribution in [3.05, 3.63) is 17.3 Å². The van der Waals surface area contributed by atoms with Crippen molar-refractivity contribution in [2.75, 3.05) is 17.8 Å². The second-order valence-electron chi connectivity index (χ2n) is 3.81. The molecule has 94 valence electrons. The fourth-order valence-corrected chi connectivity index (χ4v) is 3.01. The highest BCUT2D eigenvalue weighted by atomic mass is 35.5. The van der Waals surface area contributed by atoms with Crippen LogP contribution in [0.1, 0.15) is 19.3 Å². The first-order chi connectivity index (χ1) is 8.08. The van der Waals surface area contributed by atoms with E-state index in [0.29, 0.717) is 13.1 Å². The largest absolute Gasteiger partial charge is 0.302 e. The van der Waals surface area contributed by atoms with E-state index < -0.39 is 10.2 Å². The fraction of sp³-hybridized carbons (Fsp3) is 0.556. The first kappa shape index (κ1) is 12.5. The van der Waals surface area contributed by atoms with E-state index in [1.807, 2.05) is 0 Å². The number of aromatic nitrogens is 2. The normalized spacial score (nSPS) is 17.9. The lowest BCUT2D eigenvalue weighted by Crippen LogP contribution is -2.39. The molecule has 6 nitrogen and oxygen atoms in total. The third-order valence-electron chi connectivity index (χ3n) is 2.52. The van der Waals surface area contributed by atoms with Crippen molar-refractivity contribution in [3.63, 3.8) is 0 Å². The van der Waals surface area contributed by atoms with E-state index in [1.54, 1.807) is 0 Å². The van der Waals surface area contributed by atoms with Crippen LogP contribution in [-0.4, -0.2) is 36.0 Å². The Morgan fingerprint density at radius 2 is 1.88 bits per heavy atom. The molecular weight excluding hydrogens is 264 g/mol. The second kappa shape index (κ2) is 5.16. The Kier molecular flexibility index (Phi) is 3.80. The monoisotopic (exact) mass is 276 g/mol. The van der Waals surface area contributed by atoms with Crippen molar-refractivity contribution in [2.45, 2.75) is 19.3 Å². The molecule has 0 atom stereocenters.